The molecule has 0 unspecified atom stereocenters. The average Bonchev–Trinajstić information content (AvgIpc) is 2.62. The molecule has 0 aromatic heterocycles. The van der Waals surface area contributed by atoms with Crippen LogP contribution in [-0.2, 0) is 4.79 Å². The molecule has 3 aromatic rings. The van der Waals surface area contributed by atoms with Gasteiger partial charge in [-0.2, -0.15) is 0 Å². The summed E-state index contributed by atoms with van der Waals surface area (Å²) in [4.78, 5) is 23.8. The van der Waals surface area contributed by atoms with E-state index in [1.54, 1.807) is 31.2 Å². The van der Waals surface area contributed by atoms with E-state index in [9.17, 15) is 9.59 Å². The Balaban J connectivity index is 1.70. The van der Waals surface area contributed by atoms with Crippen molar-refractivity contribution in [3.63, 3.8) is 0 Å². The summed E-state index contributed by atoms with van der Waals surface area (Å²) in [7, 11) is 0. The lowest BCUT2D eigenvalue weighted by molar-refractivity contribution is -0.122. The maximum absolute atomic E-state index is 12.4. The van der Waals surface area contributed by atoms with E-state index in [1.165, 1.54) is 6.92 Å². The van der Waals surface area contributed by atoms with E-state index in [4.69, 9.17) is 4.74 Å². The Bertz CT molecular complexity index is 984. The molecule has 0 fully saturated rings. The van der Waals surface area contributed by atoms with Gasteiger partial charge in [0.15, 0.2) is 11.9 Å². The van der Waals surface area contributed by atoms with Crippen molar-refractivity contribution in [2.24, 2.45) is 0 Å². The molecule has 0 radical (unpaired) electrons. The largest absolute Gasteiger partial charge is 0.481 e. The zero-order valence-electron chi connectivity index (χ0n) is 14.5. The first-order valence-electron chi connectivity index (χ1n) is 8.20. The van der Waals surface area contributed by atoms with Crippen LogP contribution in [0, 0.1) is 0 Å². The maximum atomic E-state index is 12.4. The van der Waals surface area contributed by atoms with Crippen molar-refractivity contribution in [1.29, 1.82) is 0 Å². The number of benzene rings is 3. The average molecular weight is 412 g/mol. The number of halogens is 1. The fourth-order valence-corrected chi connectivity index (χ4v) is 2.96. The van der Waals surface area contributed by atoms with Gasteiger partial charge < -0.3 is 10.1 Å². The summed E-state index contributed by atoms with van der Waals surface area (Å²) >= 11 is 3.45. The van der Waals surface area contributed by atoms with Crippen LogP contribution in [0.25, 0.3) is 10.8 Å². The lowest BCUT2D eigenvalue weighted by Gasteiger charge is -2.15. The van der Waals surface area contributed by atoms with E-state index in [-0.39, 0.29) is 11.7 Å². The normalized spacial score (nSPS) is 11.8. The fourth-order valence-electron chi connectivity index (χ4n) is 2.59. The lowest BCUT2D eigenvalue weighted by atomic mass is 10.1. The van der Waals surface area contributed by atoms with E-state index < -0.39 is 6.10 Å². The van der Waals surface area contributed by atoms with Gasteiger partial charge in [-0.25, -0.2) is 0 Å². The van der Waals surface area contributed by atoms with Crippen molar-refractivity contribution in [1.82, 2.24) is 0 Å². The maximum Gasteiger partial charge on any atom is 0.265 e. The molecular weight excluding hydrogens is 394 g/mol. The first kappa shape index (κ1) is 18.1. The second-order valence-corrected chi connectivity index (χ2v) is 6.96. The third-order valence-electron chi connectivity index (χ3n) is 3.99. The van der Waals surface area contributed by atoms with E-state index in [2.05, 4.69) is 21.2 Å². The van der Waals surface area contributed by atoms with E-state index in [1.807, 2.05) is 36.4 Å². The van der Waals surface area contributed by atoms with Gasteiger partial charge in [0.1, 0.15) is 5.75 Å². The minimum Gasteiger partial charge on any atom is -0.481 e. The van der Waals surface area contributed by atoms with Crippen LogP contribution >= 0.6 is 15.9 Å². The van der Waals surface area contributed by atoms with Gasteiger partial charge >= 0.3 is 0 Å². The number of rotatable bonds is 5. The van der Waals surface area contributed by atoms with Gasteiger partial charge in [0.2, 0.25) is 0 Å². The Kier molecular flexibility index (Phi) is 5.38. The molecule has 3 rings (SSSR count). The van der Waals surface area contributed by atoms with Crippen LogP contribution in [0.3, 0.4) is 0 Å². The van der Waals surface area contributed by atoms with Crippen LogP contribution in [-0.4, -0.2) is 17.8 Å². The van der Waals surface area contributed by atoms with Gasteiger partial charge in [-0.1, -0.05) is 40.2 Å². The molecule has 26 heavy (non-hydrogen) atoms. The second-order valence-electron chi connectivity index (χ2n) is 6.04. The highest BCUT2D eigenvalue weighted by Crippen LogP contribution is 2.25. The molecule has 4 nitrogen and oxygen atoms in total. The molecule has 1 amide bonds. The molecule has 0 bridgehead atoms. The van der Waals surface area contributed by atoms with Gasteiger partial charge in [-0.15, -0.1) is 0 Å². The monoisotopic (exact) mass is 411 g/mol. The molecule has 0 aliphatic rings. The molecule has 1 atom stereocenters. The van der Waals surface area contributed by atoms with Gasteiger partial charge in [-0.05, 0) is 61.0 Å². The molecule has 0 aliphatic heterocycles. The SMILES string of the molecule is CC(=O)c1cccc(NC(=O)[C@H](C)Oc2ccc3cc(Br)ccc3c2)c1. The minimum absolute atomic E-state index is 0.0480. The topological polar surface area (TPSA) is 55.4 Å². The molecule has 1 N–H and O–H groups in total. The standard InChI is InChI=1S/C21H18BrNO3/c1-13(24)15-4-3-5-19(11-15)23-21(25)14(2)26-20-9-7-16-10-18(22)8-6-17(16)12-20/h3-12,14H,1-2H3,(H,23,25)/t14-/m0/s1. The van der Waals surface area contributed by atoms with Crippen molar-refractivity contribution in [2.75, 3.05) is 5.32 Å². The quantitative estimate of drug-likeness (QED) is 0.586. The van der Waals surface area contributed by atoms with Crippen LogP contribution in [0.1, 0.15) is 24.2 Å². The number of Topliss-reactive ketones (excluding diaryl/α,β-unsaturated/α-hetero) is 1. The number of ether oxygens (including phenoxy) is 1. The molecule has 0 saturated heterocycles. The van der Waals surface area contributed by atoms with E-state index >= 15 is 0 Å². The molecule has 0 heterocycles. The number of nitrogens with one attached hydrogen (secondary N) is 1. The van der Waals surface area contributed by atoms with Crippen molar-refractivity contribution >= 4 is 44.1 Å². The van der Waals surface area contributed by atoms with Crippen LogP contribution in [0.15, 0.2) is 65.1 Å². The number of ketones is 1. The van der Waals surface area contributed by atoms with Crippen molar-refractivity contribution < 1.29 is 14.3 Å². The van der Waals surface area contributed by atoms with Gasteiger partial charge in [0, 0.05) is 15.7 Å². The Morgan fingerprint density at radius 1 is 1.00 bits per heavy atom. The van der Waals surface area contributed by atoms with Crippen molar-refractivity contribution in [3.8, 4) is 5.75 Å². The molecule has 0 aliphatic carbocycles. The highest BCUT2D eigenvalue weighted by atomic mass is 79.9. The highest BCUT2D eigenvalue weighted by molar-refractivity contribution is 9.10. The molecule has 0 saturated carbocycles. The number of carbonyl (C=O) groups is 2. The molecular formula is C21H18BrNO3. The summed E-state index contributed by atoms with van der Waals surface area (Å²) in [5.41, 5.74) is 1.12. The molecule has 0 spiro atoms. The van der Waals surface area contributed by atoms with Gasteiger partial charge in [-0.3, -0.25) is 9.59 Å². The summed E-state index contributed by atoms with van der Waals surface area (Å²) in [5, 5.41) is 4.90. The second kappa shape index (κ2) is 7.70. The molecule has 3 aromatic carbocycles. The Morgan fingerprint density at radius 3 is 2.50 bits per heavy atom. The van der Waals surface area contributed by atoms with Crippen LogP contribution in [0.4, 0.5) is 5.69 Å². The predicted molar refractivity (Wildman–Crippen MR) is 107 cm³/mol. The van der Waals surface area contributed by atoms with Gasteiger partial charge in [0.05, 0.1) is 0 Å². The lowest BCUT2D eigenvalue weighted by Crippen LogP contribution is -2.30. The highest BCUT2D eigenvalue weighted by Gasteiger charge is 2.15. The summed E-state index contributed by atoms with van der Waals surface area (Å²) in [6, 6.07) is 18.5. The molecule has 132 valence electrons. The van der Waals surface area contributed by atoms with Crippen molar-refractivity contribution in [2.45, 2.75) is 20.0 Å². The summed E-state index contributed by atoms with van der Waals surface area (Å²) in [6.45, 7) is 3.18. The Hall–Kier alpha value is -2.66. The third-order valence-corrected chi connectivity index (χ3v) is 4.49. The van der Waals surface area contributed by atoms with Crippen LogP contribution < -0.4 is 10.1 Å². The van der Waals surface area contributed by atoms with Crippen LogP contribution in [0.2, 0.25) is 0 Å². The summed E-state index contributed by atoms with van der Waals surface area (Å²) < 4.78 is 6.79. The summed E-state index contributed by atoms with van der Waals surface area (Å²) in [5.74, 6) is 0.301. The number of anilines is 1. The number of amides is 1. The molecule has 5 heteroatoms. The van der Waals surface area contributed by atoms with E-state index in [0.717, 1.165) is 15.2 Å². The van der Waals surface area contributed by atoms with Crippen molar-refractivity contribution in [3.05, 3.63) is 70.7 Å². The number of hydrogen-bond donors (Lipinski definition) is 1. The number of carbonyl (C=O) groups excluding carboxylic acids is 2. The zero-order valence-corrected chi connectivity index (χ0v) is 16.0. The predicted octanol–water partition coefficient (Wildman–Crippen LogP) is 5.21. The zero-order chi connectivity index (χ0) is 18.7. The summed E-state index contributed by atoms with van der Waals surface area (Å²) in [6.07, 6.45) is -0.677. The number of hydrogen-bond acceptors (Lipinski definition) is 3. The minimum atomic E-state index is -0.677. The third kappa shape index (κ3) is 4.29. The first-order chi connectivity index (χ1) is 12.4. The van der Waals surface area contributed by atoms with E-state index in [0.29, 0.717) is 17.0 Å². The fraction of sp³-hybridized carbons (Fsp3) is 0.143. The Morgan fingerprint density at radius 2 is 1.73 bits per heavy atom. The number of fused-ring (bicyclic) bond motifs is 1. The Labute approximate surface area is 160 Å². The smallest absolute Gasteiger partial charge is 0.265 e. The first-order valence-corrected chi connectivity index (χ1v) is 8.99. The van der Waals surface area contributed by atoms with Gasteiger partial charge in [0.25, 0.3) is 5.91 Å². The van der Waals surface area contributed by atoms with Crippen LogP contribution in [0.5, 0.6) is 5.75 Å².